The molecule has 0 N–H and O–H groups in total. The maximum absolute atomic E-state index is 4.75. The molecule has 3 aromatic heterocycles. The highest BCUT2D eigenvalue weighted by Crippen LogP contribution is 2.22. The van der Waals surface area contributed by atoms with Crippen molar-refractivity contribution >= 4 is 32.5 Å². The van der Waals surface area contributed by atoms with Crippen molar-refractivity contribution in [2.75, 3.05) is 0 Å². The summed E-state index contributed by atoms with van der Waals surface area (Å²) < 4.78 is 4.59. The van der Waals surface area contributed by atoms with Crippen molar-refractivity contribution in [3.63, 3.8) is 0 Å². The van der Waals surface area contributed by atoms with Crippen LogP contribution in [0.1, 0.15) is 5.56 Å². The number of para-hydroxylation sites is 1. The molecule has 26 heavy (non-hydrogen) atoms. The highest BCUT2D eigenvalue weighted by molar-refractivity contribution is 9.10. The van der Waals surface area contributed by atoms with Crippen molar-refractivity contribution in [1.82, 2.24) is 29.4 Å². The Morgan fingerprint density at radius 2 is 1.96 bits per heavy atom. The fourth-order valence-corrected chi connectivity index (χ4v) is 3.35. The zero-order chi connectivity index (χ0) is 17.5. The van der Waals surface area contributed by atoms with Crippen LogP contribution in [0, 0.1) is 0 Å². The molecular weight excluding hydrogens is 392 g/mol. The van der Waals surface area contributed by atoms with Crippen molar-refractivity contribution in [1.29, 1.82) is 0 Å². The number of halogens is 1. The number of benzene rings is 2. The lowest BCUT2D eigenvalue weighted by molar-refractivity contribution is 0.687. The Labute approximate surface area is 157 Å². The molecule has 0 amide bonds. The zero-order valence-electron chi connectivity index (χ0n) is 13.6. The van der Waals surface area contributed by atoms with E-state index in [1.165, 1.54) is 0 Å². The fourth-order valence-electron chi connectivity index (χ4n) is 3.02. The van der Waals surface area contributed by atoms with E-state index in [2.05, 4.69) is 43.2 Å². The van der Waals surface area contributed by atoms with E-state index in [0.29, 0.717) is 12.4 Å². The summed E-state index contributed by atoms with van der Waals surface area (Å²) in [5.41, 5.74) is 3.84. The topological polar surface area (TPSA) is 60.9 Å². The lowest BCUT2D eigenvalue weighted by Crippen LogP contribution is -1.99. The minimum atomic E-state index is 0.687. The predicted molar refractivity (Wildman–Crippen MR) is 103 cm³/mol. The number of hydrogen-bond donors (Lipinski definition) is 0. The summed E-state index contributed by atoms with van der Waals surface area (Å²) in [4.78, 5) is 9.18. The average Bonchev–Trinajstić information content (AvgIpc) is 3.28. The second-order valence-electron chi connectivity index (χ2n) is 6.02. The van der Waals surface area contributed by atoms with Crippen LogP contribution in [0.15, 0.2) is 71.7 Å². The largest absolute Gasteiger partial charge is 0.267 e. The van der Waals surface area contributed by atoms with E-state index in [1.54, 1.807) is 17.0 Å². The van der Waals surface area contributed by atoms with Crippen molar-refractivity contribution in [2.24, 2.45) is 0 Å². The van der Waals surface area contributed by atoms with Crippen LogP contribution in [0.4, 0.5) is 0 Å². The average molecular weight is 405 g/mol. The van der Waals surface area contributed by atoms with Gasteiger partial charge in [0, 0.05) is 17.1 Å². The van der Waals surface area contributed by atoms with Gasteiger partial charge in [-0.1, -0.05) is 30.3 Å². The van der Waals surface area contributed by atoms with Gasteiger partial charge >= 0.3 is 0 Å². The molecule has 0 spiro atoms. The van der Waals surface area contributed by atoms with E-state index in [-0.39, 0.29) is 0 Å². The molecule has 0 aliphatic carbocycles. The Morgan fingerprint density at radius 1 is 1.04 bits per heavy atom. The van der Waals surface area contributed by atoms with Gasteiger partial charge in [-0.2, -0.15) is 5.10 Å². The van der Waals surface area contributed by atoms with Crippen LogP contribution in [0.3, 0.4) is 0 Å². The maximum atomic E-state index is 4.75. The summed E-state index contributed by atoms with van der Waals surface area (Å²) in [6.45, 7) is 0.692. The van der Waals surface area contributed by atoms with Crippen LogP contribution in [-0.2, 0) is 6.54 Å². The SMILES string of the molecule is Brc1cnn(Cc2cccc(-c3nc4c5ccccc5ncn4n3)c2)c1. The smallest absolute Gasteiger partial charge is 0.182 e. The highest BCUT2D eigenvalue weighted by atomic mass is 79.9. The number of fused-ring (bicyclic) bond motifs is 3. The zero-order valence-corrected chi connectivity index (χ0v) is 15.2. The molecule has 0 atom stereocenters. The Bertz CT molecular complexity index is 1240. The monoisotopic (exact) mass is 404 g/mol. The van der Waals surface area contributed by atoms with E-state index in [0.717, 1.165) is 32.1 Å². The van der Waals surface area contributed by atoms with Crippen LogP contribution in [-0.4, -0.2) is 29.4 Å². The minimum absolute atomic E-state index is 0.687. The van der Waals surface area contributed by atoms with Gasteiger partial charge in [-0.25, -0.2) is 14.5 Å². The van der Waals surface area contributed by atoms with E-state index < -0.39 is 0 Å². The molecule has 0 aliphatic rings. The van der Waals surface area contributed by atoms with Crippen molar-refractivity contribution in [3.05, 3.63) is 77.3 Å². The van der Waals surface area contributed by atoms with Gasteiger partial charge < -0.3 is 0 Å². The van der Waals surface area contributed by atoms with Gasteiger partial charge in [-0.05, 0) is 39.7 Å². The molecule has 2 aromatic carbocycles. The molecule has 0 fully saturated rings. The van der Waals surface area contributed by atoms with Gasteiger partial charge in [-0.15, -0.1) is 5.10 Å². The number of nitrogens with zero attached hydrogens (tertiary/aromatic N) is 6. The molecule has 7 heteroatoms. The second-order valence-corrected chi connectivity index (χ2v) is 6.94. The molecule has 0 aliphatic heterocycles. The molecule has 126 valence electrons. The van der Waals surface area contributed by atoms with Gasteiger partial charge in [-0.3, -0.25) is 4.68 Å². The van der Waals surface area contributed by atoms with Crippen LogP contribution < -0.4 is 0 Å². The molecule has 5 aromatic rings. The summed E-state index contributed by atoms with van der Waals surface area (Å²) in [5.74, 6) is 0.687. The lowest BCUT2D eigenvalue weighted by atomic mass is 10.1. The summed E-state index contributed by atoms with van der Waals surface area (Å²) in [5, 5.41) is 9.90. The third kappa shape index (κ3) is 2.66. The second kappa shape index (κ2) is 6.03. The first-order chi connectivity index (χ1) is 12.8. The normalized spacial score (nSPS) is 11.4. The van der Waals surface area contributed by atoms with Crippen molar-refractivity contribution in [2.45, 2.75) is 6.54 Å². The molecule has 5 rings (SSSR count). The Balaban J connectivity index is 1.57. The first kappa shape index (κ1) is 15.2. The third-order valence-corrected chi connectivity index (χ3v) is 4.62. The summed E-state index contributed by atoms with van der Waals surface area (Å²) >= 11 is 3.42. The van der Waals surface area contributed by atoms with E-state index in [1.807, 2.05) is 47.3 Å². The standard InChI is InChI=1S/C19H13BrN6/c20-15-9-22-25(11-15)10-13-4-3-5-14(8-13)18-23-19-16-6-1-2-7-17(16)21-12-26(19)24-18/h1-9,11-12H,10H2. The Morgan fingerprint density at radius 3 is 2.85 bits per heavy atom. The molecule has 0 unspecified atom stereocenters. The van der Waals surface area contributed by atoms with Gasteiger partial charge in [0.2, 0.25) is 0 Å². The molecule has 0 saturated carbocycles. The molecular formula is C19H13BrN6. The molecule has 6 nitrogen and oxygen atoms in total. The number of hydrogen-bond acceptors (Lipinski definition) is 4. The van der Waals surface area contributed by atoms with E-state index in [4.69, 9.17) is 4.98 Å². The number of rotatable bonds is 3. The summed E-state index contributed by atoms with van der Waals surface area (Å²) in [7, 11) is 0. The van der Waals surface area contributed by atoms with Crippen LogP contribution in [0.2, 0.25) is 0 Å². The number of aromatic nitrogens is 6. The van der Waals surface area contributed by atoms with Gasteiger partial charge in [0.1, 0.15) is 6.33 Å². The van der Waals surface area contributed by atoms with Gasteiger partial charge in [0.15, 0.2) is 11.5 Å². The lowest BCUT2D eigenvalue weighted by Gasteiger charge is -2.03. The van der Waals surface area contributed by atoms with Gasteiger partial charge in [0.25, 0.3) is 0 Å². The first-order valence-electron chi connectivity index (χ1n) is 8.14. The van der Waals surface area contributed by atoms with Gasteiger partial charge in [0.05, 0.1) is 22.7 Å². The van der Waals surface area contributed by atoms with E-state index in [9.17, 15) is 0 Å². The Hall–Kier alpha value is -3.06. The minimum Gasteiger partial charge on any atom is -0.267 e. The maximum Gasteiger partial charge on any atom is 0.182 e. The highest BCUT2D eigenvalue weighted by Gasteiger charge is 2.10. The van der Waals surface area contributed by atoms with E-state index >= 15 is 0 Å². The molecule has 0 saturated heterocycles. The third-order valence-electron chi connectivity index (χ3n) is 4.21. The predicted octanol–water partition coefficient (Wildman–Crippen LogP) is 3.95. The van der Waals surface area contributed by atoms with Crippen LogP contribution in [0.5, 0.6) is 0 Å². The quantitative estimate of drug-likeness (QED) is 0.456. The van der Waals surface area contributed by atoms with Crippen LogP contribution >= 0.6 is 15.9 Å². The first-order valence-corrected chi connectivity index (χ1v) is 8.93. The van der Waals surface area contributed by atoms with Crippen molar-refractivity contribution in [3.8, 4) is 11.4 Å². The fraction of sp³-hybridized carbons (Fsp3) is 0.0526. The van der Waals surface area contributed by atoms with Crippen LogP contribution in [0.25, 0.3) is 27.9 Å². The Kier molecular flexibility index (Phi) is 3.53. The summed E-state index contributed by atoms with van der Waals surface area (Å²) in [6, 6.07) is 16.2. The van der Waals surface area contributed by atoms with Crippen molar-refractivity contribution < 1.29 is 0 Å². The molecule has 0 radical (unpaired) electrons. The summed E-state index contributed by atoms with van der Waals surface area (Å²) in [6.07, 6.45) is 5.44. The molecule has 0 bridgehead atoms. The molecule has 3 heterocycles.